The molecule has 0 radical (unpaired) electrons. The SMILES string of the molecule is Cc1cccc(-c2nc3nc(CN4CCCCCC4)cc(=O)n3[nH]2)c1. The van der Waals surface area contributed by atoms with E-state index >= 15 is 0 Å². The number of hydrogen-bond donors (Lipinski definition) is 1. The van der Waals surface area contributed by atoms with Crippen LogP contribution >= 0.6 is 0 Å². The summed E-state index contributed by atoms with van der Waals surface area (Å²) in [7, 11) is 0. The van der Waals surface area contributed by atoms with Gasteiger partial charge in [0, 0.05) is 18.2 Å². The Bertz CT molecular complexity index is 934. The minimum absolute atomic E-state index is 0.110. The van der Waals surface area contributed by atoms with E-state index in [0.29, 0.717) is 11.6 Å². The van der Waals surface area contributed by atoms with Gasteiger partial charge in [0.25, 0.3) is 11.3 Å². The van der Waals surface area contributed by atoms with Gasteiger partial charge in [-0.25, -0.2) is 4.98 Å². The molecule has 1 saturated heterocycles. The van der Waals surface area contributed by atoms with Crippen molar-refractivity contribution in [1.82, 2.24) is 24.5 Å². The minimum atomic E-state index is -0.110. The molecule has 3 aromatic rings. The molecule has 1 aromatic carbocycles. The molecule has 0 spiro atoms. The molecule has 6 heteroatoms. The summed E-state index contributed by atoms with van der Waals surface area (Å²) in [6.45, 7) is 4.92. The highest BCUT2D eigenvalue weighted by molar-refractivity contribution is 5.57. The zero-order valence-electron chi connectivity index (χ0n) is 14.5. The van der Waals surface area contributed by atoms with Gasteiger partial charge < -0.3 is 0 Å². The molecule has 6 nitrogen and oxygen atoms in total. The highest BCUT2D eigenvalue weighted by Crippen LogP contribution is 2.17. The Morgan fingerprint density at radius 3 is 2.64 bits per heavy atom. The molecule has 0 amide bonds. The van der Waals surface area contributed by atoms with E-state index in [4.69, 9.17) is 0 Å². The van der Waals surface area contributed by atoms with Gasteiger partial charge >= 0.3 is 0 Å². The zero-order chi connectivity index (χ0) is 17.2. The summed E-state index contributed by atoms with van der Waals surface area (Å²) in [6.07, 6.45) is 5.04. The van der Waals surface area contributed by atoms with E-state index in [-0.39, 0.29) is 5.56 Å². The lowest BCUT2D eigenvalue weighted by Gasteiger charge is -2.18. The molecule has 2 aromatic heterocycles. The molecule has 0 saturated carbocycles. The standard InChI is InChI=1S/C19H23N5O/c1-14-7-6-8-15(11-14)18-21-19-20-16(12-17(25)24(19)22-18)13-23-9-4-2-3-5-10-23/h6-8,11-12H,2-5,9-10,13H2,1H3,(H,20,21,22). The van der Waals surface area contributed by atoms with Crippen LogP contribution in [0.15, 0.2) is 35.1 Å². The summed E-state index contributed by atoms with van der Waals surface area (Å²) in [4.78, 5) is 24.0. The minimum Gasteiger partial charge on any atom is -0.298 e. The van der Waals surface area contributed by atoms with Crippen LogP contribution in [0.1, 0.15) is 36.9 Å². The number of nitrogens with one attached hydrogen (secondary N) is 1. The van der Waals surface area contributed by atoms with Gasteiger partial charge in [-0.1, -0.05) is 36.6 Å². The number of H-pyrrole nitrogens is 1. The monoisotopic (exact) mass is 337 g/mol. The second-order valence-corrected chi connectivity index (χ2v) is 6.85. The fourth-order valence-electron chi connectivity index (χ4n) is 3.45. The fraction of sp³-hybridized carbons (Fsp3) is 0.421. The van der Waals surface area contributed by atoms with Crippen molar-refractivity contribution in [2.45, 2.75) is 39.2 Å². The lowest BCUT2D eigenvalue weighted by molar-refractivity contribution is 0.273. The molecular formula is C19H23N5O. The van der Waals surface area contributed by atoms with Gasteiger partial charge in [-0.05, 0) is 38.9 Å². The number of fused-ring (bicyclic) bond motifs is 1. The zero-order valence-corrected chi connectivity index (χ0v) is 14.5. The van der Waals surface area contributed by atoms with E-state index in [1.165, 1.54) is 30.2 Å². The van der Waals surface area contributed by atoms with Gasteiger partial charge in [0.2, 0.25) is 0 Å². The summed E-state index contributed by atoms with van der Waals surface area (Å²) in [6, 6.07) is 9.67. The van der Waals surface area contributed by atoms with Crippen LogP contribution in [0.3, 0.4) is 0 Å². The van der Waals surface area contributed by atoms with E-state index in [9.17, 15) is 4.79 Å². The van der Waals surface area contributed by atoms with Crippen LogP contribution in [0.2, 0.25) is 0 Å². The van der Waals surface area contributed by atoms with Crippen molar-refractivity contribution >= 4 is 5.78 Å². The quantitative estimate of drug-likeness (QED) is 0.798. The number of likely N-dealkylation sites (tertiary alicyclic amines) is 1. The average molecular weight is 337 g/mol. The van der Waals surface area contributed by atoms with Gasteiger partial charge in [0.1, 0.15) is 0 Å². The first kappa shape index (κ1) is 16.0. The third kappa shape index (κ3) is 3.49. The molecule has 0 bridgehead atoms. The van der Waals surface area contributed by atoms with Gasteiger partial charge in [-0.2, -0.15) is 9.50 Å². The van der Waals surface area contributed by atoms with Crippen molar-refractivity contribution < 1.29 is 0 Å². The smallest absolute Gasteiger partial charge is 0.274 e. The molecule has 3 heterocycles. The number of aromatic nitrogens is 4. The van der Waals surface area contributed by atoms with E-state index in [2.05, 4.69) is 20.0 Å². The van der Waals surface area contributed by atoms with Crippen molar-refractivity contribution in [3.8, 4) is 11.4 Å². The normalized spacial score (nSPS) is 16.2. The lowest BCUT2D eigenvalue weighted by Crippen LogP contribution is -2.26. The first-order valence-electron chi connectivity index (χ1n) is 8.97. The summed E-state index contributed by atoms with van der Waals surface area (Å²) >= 11 is 0. The van der Waals surface area contributed by atoms with E-state index < -0.39 is 0 Å². The summed E-state index contributed by atoms with van der Waals surface area (Å²) in [5.41, 5.74) is 2.80. The number of rotatable bonds is 3. The molecule has 1 N–H and O–H groups in total. The highest BCUT2D eigenvalue weighted by atomic mass is 16.1. The average Bonchev–Trinajstić information content (AvgIpc) is 2.86. The summed E-state index contributed by atoms with van der Waals surface area (Å²) < 4.78 is 1.42. The second kappa shape index (κ2) is 6.80. The Morgan fingerprint density at radius 1 is 1.08 bits per heavy atom. The molecule has 0 aliphatic carbocycles. The second-order valence-electron chi connectivity index (χ2n) is 6.85. The third-order valence-corrected chi connectivity index (χ3v) is 4.76. The first-order valence-corrected chi connectivity index (χ1v) is 8.97. The predicted octanol–water partition coefficient (Wildman–Crippen LogP) is 2.77. The summed E-state index contributed by atoms with van der Waals surface area (Å²) in [5.74, 6) is 1.11. The van der Waals surface area contributed by atoms with Crippen LogP contribution in [0.5, 0.6) is 0 Å². The number of aryl methyl sites for hydroxylation is 1. The molecular weight excluding hydrogens is 314 g/mol. The fourth-order valence-corrected chi connectivity index (χ4v) is 3.45. The number of benzene rings is 1. The van der Waals surface area contributed by atoms with Crippen molar-refractivity contribution in [2.75, 3.05) is 13.1 Å². The number of hydrogen-bond acceptors (Lipinski definition) is 4. The van der Waals surface area contributed by atoms with E-state index in [0.717, 1.165) is 36.5 Å². The Labute approximate surface area is 146 Å². The Morgan fingerprint density at radius 2 is 1.88 bits per heavy atom. The Kier molecular flexibility index (Phi) is 4.36. The molecule has 0 unspecified atom stereocenters. The molecule has 25 heavy (non-hydrogen) atoms. The van der Waals surface area contributed by atoms with Gasteiger partial charge in [-0.15, -0.1) is 0 Å². The van der Waals surface area contributed by atoms with Gasteiger partial charge in [-0.3, -0.25) is 14.8 Å². The van der Waals surface area contributed by atoms with Crippen molar-refractivity contribution in [1.29, 1.82) is 0 Å². The maximum atomic E-state index is 12.5. The molecule has 1 aliphatic heterocycles. The molecule has 130 valence electrons. The van der Waals surface area contributed by atoms with Crippen LogP contribution < -0.4 is 5.56 Å². The van der Waals surface area contributed by atoms with E-state index in [1.54, 1.807) is 6.07 Å². The van der Waals surface area contributed by atoms with Crippen LogP contribution in [0, 0.1) is 6.92 Å². The molecule has 1 fully saturated rings. The Balaban J connectivity index is 1.66. The lowest BCUT2D eigenvalue weighted by atomic mass is 10.1. The Hall–Kier alpha value is -2.47. The predicted molar refractivity (Wildman–Crippen MR) is 97.5 cm³/mol. The van der Waals surface area contributed by atoms with E-state index in [1.807, 2.05) is 31.2 Å². The van der Waals surface area contributed by atoms with Crippen LogP contribution in [0.4, 0.5) is 0 Å². The van der Waals surface area contributed by atoms with Gasteiger partial charge in [0.15, 0.2) is 5.82 Å². The molecule has 1 aliphatic rings. The van der Waals surface area contributed by atoms with Crippen LogP contribution in [-0.2, 0) is 6.54 Å². The third-order valence-electron chi connectivity index (χ3n) is 4.76. The van der Waals surface area contributed by atoms with Crippen molar-refractivity contribution in [3.63, 3.8) is 0 Å². The maximum Gasteiger partial charge on any atom is 0.274 e. The van der Waals surface area contributed by atoms with Gasteiger partial charge in [0.05, 0.1) is 5.69 Å². The molecule has 0 atom stereocenters. The maximum absolute atomic E-state index is 12.5. The first-order chi connectivity index (χ1) is 12.2. The van der Waals surface area contributed by atoms with Crippen LogP contribution in [0.25, 0.3) is 17.2 Å². The number of aromatic amines is 1. The highest BCUT2D eigenvalue weighted by Gasteiger charge is 2.13. The van der Waals surface area contributed by atoms with Crippen molar-refractivity contribution in [2.24, 2.45) is 0 Å². The van der Waals surface area contributed by atoms with Crippen molar-refractivity contribution in [3.05, 3.63) is 51.9 Å². The molecule has 4 rings (SSSR count). The topological polar surface area (TPSA) is 66.3 Å². The largest absolute Gasteiger partial charge is 0.298 e. The van der Waals surface area contributed by atoms with Crippen LogP contribution in [-0.4, -0.2) is 37.6 Å². The summed E-state index contributed by atoms with van der Waals surface area (Å²) in [5, 5.41) is 3.07. The number of nitrogens with zero attached hydrogens (tertiary/aromatic N) is 4.